The number of hydrogen-bond acceptors (Lipinski definition) is 3. The van der Waals surface area contributed by atoms with E-state index >= 15 is 0 Å². The molecule has 0 aliphatic rings. The Morgan fingerprint density at radius 1 is 1.00 bits per heavy atom. The van der Waals surface area contributed by atoms with Crippen LogP contribution in [0.25, 0.3) is 0 Å². The molecule has 0 spiro atoms. The van der Waals surface area contributed by atoms with E-state index < -0.39 is 0 Å². The summed E-state index contributed by atoms with van der Waals surface area (Å²) in [6.07, 6.45) is 3.44. The molecule has 0 aliphatic heterocycles. The minimum absolute atomic E-state index is 0.352. The first-order chi connectivity index (χ1) is 16.2. The van der Waals surface area contributed by atoms with Crippen molar-refractivity contribution in [1.82, 2.24) is 19.6 Å². The van der Waals surface area contributed by atoms with Crippen LogP contribution in [0.2, 0.25) is 15.1 Å². The first-order valence-electron chi connectivity index (χ1n) is 10.2. The van der Waals surface area contributed by atoms with Crippen LogP contribution in [0.3, 0.4) is 0 Å². The van der Waals surface area contributed by atoms with E-state index in [4.69, 9.17) is 47.0 Å². The van der Waals surface area contributed by atoms with Gasteiger partial charge in [0, 0.05) is 21.3 Å². The quantitative estimate of drug-likeness (QED) is 0.268. The van der Waals surface area contributed by atoms with E-state index in [2.05, 4.69) is 20.8 Å². The average Bonchev–Trinajstić information content (AvgIpc) is 3.31. The fourth-order valence-corrected chi connectivity index (χ4v) is 4.37. The molecule has 0 amide bonds. The molecule has 2 aromatic heterocycles. The Morgan fingerprint density at radius 3 is 2.44 bits per heavy atom. The number of hydrogen-bond donors (Lipinski definition) is 2. The summed E-state index contributed by atoms with van der Waals surface area (Å²) in [7, 11) is 0. The lowest BCUT2D eigenvalue weighted by atomic mass is 10.2. The zero-order valence-corrected chi connectivity index (χ0v) is 21.3. The number of halogens is 4. The lowest BCUT2D eigenvalue weighted by molar-refractivity contribution is 0.624. The Hall–Kier alpha value is -2.65. The van der Waals surface area contributed by atoms with E-state index in [1.165, 1.54) is 12.1 Å². The van der Waals surface area contributed by atoms with E-state index in [0.717, 1.165) is 28.2 Å². The lowest BCUT2D eigenvalue weighted by Gasteiger charge is -2.10. The second-order valence-corrected chi connectivity index (χ2v) is 9.34. The normalized spacial score (nSPS) is 11.0. The van der Waals surface area contributed by atoms with Gasteiger partial charge in [-0.3, -0.25) is 9.36 Å². The third kappa shape index (κ3) is 5.70. The van der Waals surface area contributed by atoms with Gasteiger partial charge in [0.05, 0.1) is 42.0 Å². The second kappa shape index (κ2) is 10.3. The molecule has 34 heavy (non-hydrogen) atoms. The SMILES string of the molecule is Cc1nn(Cc2ccc(Cl)cc2Cl)c(C)c1NC(=S)Nc1cnn(Cc2ccc(F)cc2Cl)c1. The highest BCUT2D eigenvalue weighted by Gasteiger charge is 2.15. The van der Waals surface area contributed by atoms with Crippen molar-refractivity contribution in [3.05, 3.63) is 92.2 Å². The van der Waals surface area contributed by atoms with Gasteiger partial charge in [0.25, 0.3) is 0 Å². The molecule has 11 heteroatoms. The zero-order valence-electron chi connectivity index (χ0n) is 18.2. The summed E-state index contributed by atoms with van der Waals surface area (Å²) >= 11 is 23.9. The molecule has 0 atom stereocenters. The van der Waals surface area contributed by atoms with Crippen molar-refractivity contribution in [1.29, 1.82) is 0 Å². The van der Waals surface area contributed by atoms with Gasteiger partial charge in [-0.15, -0.1) is 0 Å². The number of anilines is 2. The van der Waals surface area contributed by atoms with Crippen molar-refractivity contribution in [3.63, 3.8) is 0 Å². The van der Waals surface area contributed by atoms with E-state index in [0.29, 0.717) is 39.0 Å². The average molecular weight is 538 g/mol. The smallest absolute Gasteiger partial charge is 0.175 e. The molecule has 4 rings (SSSR count). The third-order valence-electron chi connectivity index (χ3n) is 5.19. The van der Waals surface area contributed by atoms with E-state index in [1.54, 1.807) is 35.3 Å². The van der Waals surface area contributed by atoms with Crippen LogP contribution in [-0.4, -0.2) is 24.7 Å². The number of aryl methyl sites for hydroxylation is 1. The van der Waals surface area contributed by atoms with Crippen LogP contribution >= 0.6 is 47.0 Å². The van der Waals surface area contributed by atoms with Gasteiger partial charge in [-0.05, 0) is 61.5 Å². The Balaban J connectivity index is 1.41. The molecular formula is C23H20Cl3FN6S. The third-order valence-corrected chi connectivity index (χ3v) is 6.34. The lowest BCUT2D eigenvalue weighted by Crippen LogP contribution is -2.19. The van der Waals surface area contributed by atoms with Crippen LogP contribution in [0.1, 0.15) is 22.5 Å². The van der Waals surface area contributed by atoms with Gasteiger partial charge in [-0.1, -0.05) is 46.9 Å². The van der Waals surface area contributed by atoms with Crippen molar-refractivity contribution < 1.29 is 4.39 Å². The molecule has 0 fully saturated rings. The van der Waals surface area contributed by atoms with Crippen LogP contribution in [0, 0.1) is 19.7 Å². The van der Waals surface area contributed by atoms with Crippen molar-refractivity contribution in [2.75, 3.05) is 10.6 Å². The van der Waals surface area contributed by atoms with Crippen molar-refractivity contribution >= 4 is 63.5 Å². The van der Waals surface area contributed by atoms with Crippen molar-refractivity contribution in [2.24, 2.45) is 0 Å². The summed E-state index contributed by atoms with van der Waals surface area (Å²) in [5.41, 5.74) is 4.90. The largest absolute Gasteiger partial charge is 0.330 e. The van der Waals surface area contributed by atoms with Crippen LogP contribution in [0.4, 0.5) is 15.8 Å². The van der Waals surface area contributed by atoms with E-state index in [9.17, 15) is 4.39 Å². The minimum Gasteiger partial charge on any atom is -0.330 e. The van der Waals surface area contributed by atoms with Gasteiger partial charge < -0.3 is 10.6 Å². The Morgan fingerprint density at radius 2 is 1.71 bits per heavy atom. The number of benzene rings is 2. The fraction of sp³-hybridized carbons (Fsp3) is 0.174. The fourth-order valence-electron chi connectivity index (χ4n) is 3.46. The topological polar surface area (TPSA) is 59.7 Å². The molecule has 0 saturated heterocycles. The first-order valence-corrected chi connectivity index (χ1v) is 11.8. The first kappa shape index (κ1) is 24.5. The van der Waals surface area contributed by atoms with E-state index in [-0.39, 0.29) is 5.82 Å². The number of rotatable bonds is 6. The van der Waals surface area contributed by atoms with Gasteiger partial charge in [-0.25, -0.2) is 4.39 Å². The van der Waals surface area contributed by atoms with E-state index in [1.807, 2.05) is 24.6 Å². The summed E-state index contributed by atoms with van der Waals surface area (Å²) in [5.74, 6) is -0.377. The molecule has 0 bridgehead atoms. The van der Waals surface area contributed by atoms with Crippen LogP contribution < -0.4 is 10.6 Å². The maximum atomic E-state index is 13.3. The highest BCUT2D eigenvalue weighted by atomic mass is 35.5. The molecule has 2 N–H and O–H groups in total. The van der Waals surface area contributed by atoms with Crippen LogP contribution in [-0.2, 0) is 13.1 Å². The zero-order chi connectivity index (χ0) is 24.4. The molecule has 0 unspecified atom stereocenters. The monoisotopic (exact) mass is 536 g/mol. The Bertz CT molecular complexity index is 1370. The number of nitrogens with one attached hydrogen (secondary N) is 2. The summed E-state index contributed by atoms with van der Waals surface area (Å²) in [6, 6.07) is 9.69. The van der Waals surface area contributed by atoms with Gasteiger partial charge in [0.15, 0.2) is 5.11 Å². The molecule has 4 aromatic rings. The standard InChI is InChI=1S/C23H20Cl3FN6S/c1-13-22(14(2)33(31-13)11-16-3-5-17(24)7-20(16)25)30-23(34)29-19-9-28-32(12-19)10-15-4-6-18(27)8-21(15)26/h3-9,12H,10-11H2,1-2H3,(H2,29,30,34). The summed E-state index contributed by atoms with van der Waals surface area (Å²) < 4.78 is 16.8. The Kier molecular flexibility index (Phi) is 7.42. The maximum Gasteiger partial charge on any atom is 0.175 e. The number of thiocarbonyl (C=S) groups is 1. The summed E-state index contributed by atoms with van der Waals surface area (Å²) in [4.78, 5) is 0. The molecule has 176 valence electrons. The van der Waals surface area contributed by atoms with Gasteiger partial charge >= 0.3 is 0 Å². The molecule has 2 heterocycles. The Labute approximate surface area is 216 Å². The van der Waals surface area contributed by atoms with Crippen molar-refractivity contribution in [2.45, 2.75) is 26.9 Å². The van der Waals surface area contributed by atoms with Gasteiger partial charge in [0.1, 0.15) is 5.82 Å². The maximum absolute atomic E-state index is 13.3. The van der Waals surface area contributed by atoms with Crippen LogP contribution in [0.5, 0.6) is 0 Å². The highest BCUT2D eigenvalue weighted by Crippen LogP contribution is 2.25. The molecule has 0 radical (unpaired) electrons. The number of nitrogens with zero attached hydrogens (tertiary/aromatic N) is 4. The number of aromatic nitrogens is 4. The predicted octanol–water partition coefficient (Wildman–Crippen LogP) is 6.70. The van der Waals surface area contributed by atoms with Crippen LogP contribution in [0.15, 0.2) is 48.8 Å². The molecule has 0 aliphatic carbocycles. The molecule has 0 saturated carbocycles. The predicted molar refractivity (Wildman–Crippen MR) is 140 cm³/mol. The highest BCUT2D eigenvalue weighted by molar-refractivity contribution is 7.80. The van der Waals surface area contributed by atoms with Gasteiger partial charge in [-0.2, -0.15) is 10.2 Å². The van der Waals surface area contributed by atoms with Crippen molar-refractivity contribution in [3.8, 4) is 0 Å². The molecule has 6 nitrogen and oxygen atoms in total. The summed E-state index contributed by atoms with van der Waals surface area (Å²) in [5, 5.41) is 17.2. The second-order valence-electron chi connectivity index (χ2n) is 7.68. The minimum atomic E-state index is -0.377. The van der Waals surface area contributed by atoms with Gasteiger partial charge in [0.2, 0.25) is 0 Å². The molecule has 2 aromatic carbocycles. The summed E-state index contributed by atoms with van der Waals surface area (Å²) in [6.45, 7) is 4.77. The molecular weight excluding hydrogens is 518 g/mol.